The van der Waals surface area contributed by atoms with Crippen molar-refractivity contribution in [2.24, 2.45) is 0 Å². The maximum Gasteiger partial charge on any atom is 0.0159 e. The van der Waals surface area contributed by atoms with Crippen molar-refractivity contribution in [2.45, 2.75) is 19.3 Å². The fourth-order valence-electron chi connectivity index (χ4n) is 10.7. The van der Waals surface area contributed by atoms with Gasteiger partial charge in [-0.25, -0.2) is 0 Å². The van der Waals surface area contributed by atoms with E-state index in [-0.39, 0.29) is 5.41 Å². The van der Waals surface area contributed by atoms with Crippen molar-refractivity contribution in [3.63, 3.8) is 0 Å². The van der Waals surface area contributed by atoms with E-state index in [0.29, 0.717) is 0 Å². The summed E-state index contributed by atoms with van der Waals surface area (Å²) in [6.07, 6.45) is 0. The van der Waals surface area contributed by atoms with Crippen LogP contribution in [0.5, 0.6) is 0 Å². The average molecular weight is 695 g/mol. The number of fused-ring (bicyclic) bond motifs is 11. The van der Waals surface area contributed by atoms with Crippen LogP contribution in [0.4, 0.5) is 0 Å². The molecule has 0 bridgehead atoms. The molecule has 254 valence electrons. The summed E-state index contributed by atoms with van der Waals surface area (Å²) in [5, 5.41) is 10.6. The van der Waals surface area contributed by atoms with Crippen LogP contribution in [-0.2, 0) is 5.41 Å². The quantitative estimate of drug-likeness (QED) is 0.158. The SMILES string of the molecule is CC1(C)c2cc(-c3ccc4c5c(cccc35)-c3ccccc3-4)ccc2-c2cc3cc4ccc(-c5ccc6c7c(cccc57)-c5ccccc5-6)cc4cc3cc21. The lowest BCUT2D eigenvalue weighted by Crippen LogP contribution is -2.15. The molecule has 55 heavy (non-hydrogen) atoms. The van der Waals surface area contributed by atoms with Gasteiger partial charge in [-0.1, -0.05) is 147 Å². The third-order valence-electron chi connectivity index (χ3n) is 13.3. The Morgan fingerprint density at radius 1 is 0.273 bits per heavy atom. The van der Waals surface area contributed by atoms with E-state index < -0.39 is 0 Å². The zero-order chi connectivity index (χ0) is 36.2. The van der Waals surface area contributed by atoms with Gasteiger partial charge >= 0.3 is 0 Å². The highest BCUT2D eigenvalue weighted by Gasteiger charge is 2.36. The first kappa shape index (κ1) is 29.7. The molecule has 0 spiro atoms. The molecule has 10 aromatic rings. The van der Waals surface area contributed by atoms with Gasteiger partial charge in [-0.2, -0.15) is 0 Å². The van der Waals surface area contributed by atoms with Crippen molar-refractivity contribution in [3.8, 4) is 77.9 Å². The lowest BCUT2D eigenvalue weighted by Gasteiger charge is -2.22. The fraction of sp³-hybridized carbons (Fsp3) is 0.0545. The van der Waals surface area contributed by atoms with E-state index in [1.807, 2.05) is 0 Å². The number of hydrogen-bond donors (Lipinski definition) is 0. The minimum Gasteiger partial charge on any atom is -0.0616 e. The summed E-state index contributed by atoms with van der Waals surface area (Å²) in [5.41, 5.74) is 21.3. The Kier molecular flexibility index (Phi) is 5.53. The Hall–Kier alpha value is -6.76. The predicted octanol–water partition coefficient (Wildman–Crippen LogP) is 15.2. The molecule has 0 saturated carbocycles. The van der Waals surface area contributed by atoms with Crippen LogP contribution in [0, 0.1) is 0 Å². The van der Waals surface area contributed by atoms with E-state index >= 15 is 0 Å². The van der Waals surface area contributed by atoms with Crippen LogP contribution in [0.25, 0.3) is 121 Å². The summed E-state index contributed by atoms with van der Waals surface area (Å²) in [7, 11) is 0. The molecule has 0 unspecified atom stereocenters. The number of hydrogen-bond acceptors (Lipinski definition) is 0. The summed E-state index contributed by atoms with van der Waals surface area (Å²) in [5.74, 6) is 0. The van der Waals surface area contributed by atoms with Gasteiger partial charge in [0.1, 0.15) is 0 Å². The second-order valence-electron chi connectivity index (χ2n) is 16.4. The zero-order valence-electron chi connectivity index (χ0n) is 30.7. The fourth-order valence-corrected chi connectivity index (χ4v) is 10.7. The molecular weight excluding hydrogens is 661 g/mol. The first-order valence-electron chi connectivity index (χ1n) is 19.5. The van der Waals surface area contributed by atoms with Gasteiger partial charge in [0.05, 0.1) is 0 Å². The van der Waals surface area contributed by atoms with E-state index in [1.165, 1.54) is 132 Å². The summed E-state index contributed by atoms with van der Waals surface area (Å²) in [4.78, 5) is 0. The summed E-state index contributed by atoms with van der Waals surface area (Å²) < 4.78 is 0. The summed E-state index contributed by atoms with van der Waals surface area (Å²) in [6.45, 7) is 4.81. The molecule has 0 saturated heterocycles. The highest BCUT2D eigenvalue weighted by molar-refractivity contribution is 6.20. The van der Waals surface area contributed by atoms with Crippen LogP contribution < -0.4 is 0 Å². The molecule has 13 rings (SSSR count). The van der Waals surface area contributed by atoms with E-state index in [9.17, 15) is 0 Å². The van der Waals surface area contributed by atoms with Crippen molar-refractivity contribution >= 4 is 43.1 Å². The lowest BCUT2D eigenvalue weighted by molar-refractivity contribution is 0.661. The molecule has 0 aliphatic heterocycles. The highest BCUT2D eigenvalue weighted by Crippen LogP contribution is 2.54. The second kappa shape index (κ2) is 10.3. The molecule has 0 aromatic heterocycles. The molecule has 0 N–H and O–H groups in total. The molecule has 3 aliphatic rings. The molecule has 0 atom stereocenters. The Bertz CT molecular complexity index is 3330. The average Bonchev–Trinajstić information content (AvgIpc) is 3.81. The van der Waals surface area contributed by atoms with Crippen molar-refractivity contribution in [1.82, 2.24) is 0 Å². The Morgan fingerprint density at radius 2 is 0.709 bits per heavy atom. The Morgan fingerprint density at radius 3 is 1.33 bits per heavy atom. The molecule has 10 aromatic carbocycles. The molecule has 0 fully saturated rings. The van der Waals surface area contributed by atoms with Crippen molar-refractivity contribution < 1.29 is 0 Å². The van der Waals surface area contributed by atoms with E-state index in [0.717, 1.165) is 0 Å². The predicted molar refractivity (Wildman–Crippen MR) is 234 cm³/mol. The first-order chi connectivity index (χ1) is 27.0. The molecule has 0 radical (unpaired) electrons. The largest absolute Gasteiger partial charge is 0.0616 e. The van der Waals surface area contributed by atoms with Gasteiger partial charge in [0, 0.05) is 5.41 Å². The zero-order valence-corrected chi connectivity index (χ0v) is 30.7. The standard InChI is InChI=1S/C55H34/c1-55(2)51-29-33(38-22-24-49-42-12-6-4-10-40(42)47-16-8-14-45(38)54(47)49)19-20-43(51)50-28-35-25-31-17-18-32(26-34(31)27-36(35)30-52(50)55)37-21-23-48-41-11-5-3-9-39(41)46-15-7-13-44(37)53(46)48/h3-30H,1-2H3. The normalized spacial score (nSPS) is 13.8. The maximum absolute atomic E-state index is 2.48. The van der Waals surface area contributed by atoms with Crippen LogP contribution in [0.2, 0.25) is 0 Å². The van der Waals surface area contributed by atoms with Gasteiger partial charge in [0.25, 0.3) is 0 Å². The third-order valence-corrected chi connectivity index (χ3v) is 13.3. The maximum atomic E-state index is 2.48. The van der Waals surface area contributed by atoms with Gasteiger partial charge in [-0.05, 0) is 169 Å². The molecule has 0 heterocycles. The molecule has 3 aliphatic carbocycles. The second-order valence-corrected chi connectivity index (χ2v) is 16.4. The van der Waals surface area contributed by atoms with Crippen LogP contribution >= 0.6 is 0 Å². The highest BCUT2D eigenvalue weighted by atomic mass is 14.4. The first-order valence-corrected chi connectivity index (χ1v) is 19.5. The van der Waals surface area contributed by atoms with Crippen molar-refractivity contribution in [2.75, 3.05) is 0 Å². The van der Waals surface area contributed by atoms with E-state index in [4.69, 9.17) is 0 Å². The monoisotopic (exact) mass is 694 g/mol. The van der Waals surface area contributed by atoms with Gasteiger partial charge in [-0.15, -0.1) is 0 Å². The number of rotatable bonds is 2. The van der Waals surface area contributed by atoms with Crippen LogP contribution in [0.15, 0.2) is 170 Å². The van der Waals surface area contributed by atoms with Gasteiger partial charge in [0.2, 0.25) is 0 Å². The summed E-state index contributed by atoms with van der Waals surface area (Å²) >= 11 is 0. The van der Waals surface area contributed by atoms with Crippen molar-refractivity contribution in [1.29, 1.82) is 0 Å². The molecular formula is C55H34. The van der Waals surface area contributed by atoms with Gasteiger partial charge < -0.3 is 0 Å². The van der Waals surface area contributed by atoms with Gasteiger partial charge in [-0.3, -0.25) is 0 Å². The molecule has 0 amide bonds. The smallest absolute Gasteiger partial charge is 0.0159 e. The van der Waals surface area contributed by atoms with Crippen LogP contribution in [-0.4, -0.2) is 0 Å². The topological polar surface area (TPSA) is 0 Å². The van der Waals surface area contributed by atoms with E-state index in [1.54, 1.807) is 0 Å². The Labute approximate surface area is 320 Å². The molecule has 0 heteroatoms. The third kappa shape index (κ3) is 3.81. The lowest BCUT2D eigenvalue weighted by atomic mass is 9.80. The van der Waals surface area contributed by atoms with Gasteiger partial charge in [0.15, 0.2) is 0 Å². The van der Waals surface area contributed by atoms with E-state index in [2.05, 4.69) is 184 Å². The minimum atomic E-state index is -0.126. The minimum absolute atomic E-state index is 0.126. The number of benzene rings is 10. The Balaban J connectivity index is 0.920. The molecule has 0 nitrogen and oxygen atoms in total. The van der Waals surface area contributed by atoms with Crippen LogP contribution in [0.1, 0.15) is 25.0 Å². The summed E-state index contributed by atoms with van der Waals surface area (Å²) in [6, 6.07) is 64.6. The van der Waals surface area contributed by atoms with Crippen LogP contribution in [0.3, 0.4) is 0 Å². The van der Waals surface area contributed by atoms with Crippen molar-refractivity contribution in [3.05, 3.63) is 181 Å².